The van der Waals surface area contributed by atoms with Crippen molar-refractivity contribution >= 4 is 17.9 Å². The second-order valence-corrected chi connectivity index (χ2v) is 8.14. The van der Waals surface area contributed by atoms with Crippen molar-refractivity contribution in [3.05, 3.63) is 76.8 Å². The first-order valence-corrected chi connectivity index (χ1v) is 11.3. The lowest BCUT2D eigenvalue weighted by Crippen LogP contribution is -2.06. The van der Waals surface area contributed by atoms with Crippen LogP contribution < -0.4 is 5.32 Å². The minimum Gasteiger partial charge on any atom is -0.504 e. The van der Waals surface area contributed by atoms with Gasteiger partial charge >= 0.3 is 5.97 Å². The molecular formula is C27H28FNO4. The number of benzene rings is 2. The molecule has 172 valence electrons. The first kappa shape index (κ1) is 22.6. The Labute approximate surface area is 192 Å². The quantitative estimate of drug-likeness (QED) is 0.275. The van der Waals surface area contributed by atoms with Crippen molar-refractivity contribution < 1.29 is 23.4 Å². The molecule has 4 rings (SSSR count). The monoisotopic (exact) mass is 449 g/mol. The van der Waals surface area contributed by atoms with Gasteiger partial charge in [-0.25, -0.2) is 9.18 Å². The number of esters is 1. The molecule has 0 amide bonds. The summed E-state index contributed by atoms with van der Waals surface area (Å²) in [7, 11) is 1.66. The van der Waals surface area contributed by atoms with Crippen LogP contribution in [0.2, 0.25) is 0 Å². The third-order valence-corrected chi connectivity index (χ3v) is 5.89. The highest BCUT2D eigenvalue weighted by Gasteiger charge is 2.35. The number of rotatable bonds is 9. The van der Waals surface area contributed by atoms with Crippen LogP contribution in [0.4, 0.5) is 10.3 Å². The zero-order valence-electron chi connectivity index (χ0n) is 18.9. The molecule has 1 atom stereocenters. The number of hydrogen-bond donors (Lipinski definition) is 2. The SMILES string of the molecule is CCCCCCOC(=O)c1cccc(-c2c(NC)oc(C3C(F)=Cc4ccccc43)c2O)c1. The van der Waals surface area contributed by atoms with Gasteiger partial charge in [0.15, 0.2) is 11.5 Å². The summed E-state index contributed by atoms with van der Waals surface area (Å²) in [6, 6.07) is 14.1. The van der Waals surface area contributed by atoms with E-state index in [-0.39, 0.29) is 11.5 Å². The second-order valence-electron chi connectivity index (χ2n) is 8.14. The minimum atomic E-state index is -0.821. The van der Waals surface area contributed by atoms with Crippen LogP contribution in [0.5, 0.6) is 5.75 Å². The molecule has 0 fully saturated rings. The molecule has 3 aromatic rings. The van der Waals surface area contributed by atoms with E-state index in [1.54, 1.807) is 31.3 Å². The third-order valence-electron chi connectivity index (χ3n) is 5.89. The molecular weight excluding hydrogens is 421 g/mol. The van der Waals surface area contributed by atoms with Crippen molar-refractivity contribution in [3.8, 4) is 16.9 Å². The molecule has 0 spiro atoms. The van der Waals surface area contributed by atoms with Crippen LogP contribution in [-0.4, -0.2) is 24.7 Å². The number of halogens is 1. The molecule has 1 aliphatic carbocycles. The van der Waals surface area contributed by atoms with Gasteiger partial charge in [0.1, 0.15) is 5.83 Å². The second kappa shape index (κ2) is 9.94. The summed E-state index contributed by atoms with van der Waals surface area (Å²) < 4.78 is 26.2. The summed E-state index contributed by atoms with van der Waals surface area (Å²) in [5.74, 6) is -1.37. The molecule has 2 N–H and O–H groups in total. The predicted octanol–water partition coefficient (Wildman–Crippen LogP) is 6.89. The van der Waals surface area contributed by atoms with Crippen molar-refractivity contribution in [2.24, 2.45) is 0 Å². The first-order chi connectivity index (χ1) is 16.0. The smallest absolute Gasteiger partial charge is 0.338 e. The van der Waals surface area contributed by atoms with Crippen molar-refractivity contribution in [1.82, 2.24) is 0 Å². The zero-order valence-corrected chi connectivity index (χ0v) is 18.9. The maximum absolute atomic E-state index is 14.9. The van der Waals surface area contributed by atoms with Gasteiger partial charge in [0, 0.05) is 7.05 Å². The van der Waals surface area contributed by atoms with Crippen LogP contribution in [0.1, 0.15) is 65.8 Å². The number of carbonyl (C=O) groups is 1. The number of nitrogens with one attached hydrogen (secondary N) is 1. The van der Waals surface area contributed by atoms with Gasteiger partial charge < -0.3 is 19.6 Å². The fourth-order valence-electron chi connectivity index (χ4n) is 4.21. The standard InChI is InChI=1S/C27H28FNO4/c1-3-4-5-8-14-32-27(31)19-12-9-11-18(15-19)22-24(30)25(33-26(22)29-2)23-20-13-7-6-10-17(20)16-21(23)28/h6-7,9-13,15-16,23,29-30H,3-5,8,14H2,1-2H3. The molecule has 5 nitrogen and oxygen atoms in total. The summed E-state index contributed by atoms with van der Waals surface area (Å²) in [5.41, 5.74) is 2.82. The van der Waals surface area contributed by atoms with Crippen LogP contribution in [0, 0.1) is 0 Å². The molecule has 33 heavy (non-hydrogen) atoms. The van der Waals surface area contributed by atoms with E-state index in [2.05, 4.69) is 12.2 Å². The van der Waals surface area contributed by atoms with E-state index in [0.717, 1.165) is 36.8 Å². The third kappa shape index (κ3) is 4.51. The van der Waals surface area contributed by atoms with E-state index in [9.17, 15) is 14.3 Å². The number of carbonyl (C=O) groups excluding carboxylic acids is 1. The molecule has 2 aromatic carbocycles. The highest BCUT2D eigenvalue weighted by atomic mass is 19.1. The van der Waals surface area contributed by atoms with Gasteiger partial charge in [-0.1, -0.05) is 62.6 Å². The number of fused-ring (bicyclic) bond motifs is 1. The number of anilines is 1. The Kier molecular flexibility index (Phi) is 6.82. The average Bonchev–Trinajstić information content (AvgIpc) is 3.33. The van der Waals surface area contributed by atoms with Gasteiger partial charge in [-0.3, -0.25) is 0 Å². The van der Waals surface area contributed by atoms with E-state index < -0.39 is 17.7 Å². The van der Waals surface area contributed by atoms with Crippen molar-refractivity contribution in [3.63, 3.8) is 0 Å². The summed E-state index contributed by atoms with van der Waals surface area (Å²) in [5, 5.41) is 14.0. The maximum Gasteiger partial charge on any atom is 0.338 e. The van der Waals surface area contributed by atoms with Crippen molar-refractivity contribution in [1.29, 1.82) is 0 Å². The highest BCUT2D eigenvalue weighted by Crippen LogP contribution is 2.51. The van der Waals surface area contributed by atoms with Crippen LogP contribution in [0.25, 0.3) is 17.2 Å². The van der Waals surface area contributed by atoms with Crippen LogP contribution in [-0.2, 0) is 4.74 Å². The number of unbranched alkanes of at least 4 members (excludes halogenated alkanes) is 3. The topological polar surface area (TPSA) is 71.7 Å². The maximum atomic E-state index is 14.9. The average molecular weight is 450 g/mol. The van der Waals surface area contributed by atoms with Gasteiger partial charge in [-0.15, -0.1) is 0 Å². The predicted molar refractivity (Wildman–Crippen MR) is 127 cm³/mol. The van der Waals surface area contributed by atoms with E-state index >= 15 is 0 Å². The fourth-order valence-corrected chi connectivity index (χ4v) is 4.21. The molecule has 0 saturated heterocycles. The zero-order chi connectivity index (χ0) is 23.4. The van der Waals surface area contributed by atoms with Gasteiger partial charge in [0.2, 0.25) is 5.88 Å². The van der Waals surface area contributed by atoms with Crippen molar-refractivity contribution in [2.75, 3.05) is 19.0 Å². The molecule has 0 radical (unpaired) electrons. The molecule has 6 heteroatoms. The number of hydrogen-bond acceptors (Lipinski definition) is 5. The molecule has 0 aliphatic heterocycles. The Hall–Kier alpha value is -3.54. The normalized spacial score (nSPS) is 14.6. The lowest BCUT2D eigenvalue weighted by atomic mass is 9.95. The summed E-state index contributed by atoms with van der Waals surface area (Å²) >= 11 is 0. The Morgan fingerprint density at radius 3 is 2.76 bits per heavy atom. The molecule has 1 aromatic heterocycles. The summed E-state index contributed by atoms with van der Waals surface area (Å²) in [6.45, 7) is 2.50. The van der Waals surface area contributed by atoms with E-state index in [0.29, 0.717) is 29.2 Å². The first-order valence-electron chi connectivity index (χ1n) is 11.3. The lowest BCUT2D eigenvalue weighted by Gasteiger charge is -2.10. The molecule has 1 unspecified atom stereocenters. The number of allylic oxidation sites excluding steroid dienone is 1. The molecule has 0 bridgehead atoms. The van der Waals surface area contributed by atoms with Crippen molar-refractivity contribution in [2.45, 2.75) is 38.5 Å². The highest BCUT2D eigenvalue weighted by molar-refractivity contribution is 5.92. The number of ether oxygens (including phenoxy) is 1. The number of aromatic hydroxyl groups is 1. The minimum absolute atomic E-state index is 0.122. The number of furan rings is 1. The molecule has 0 saturated carbocycles. The largest absolute Gasteiger partial charge is 0.504 e. The lowest BCUT2D eigenvalue weighted by molar-refractivity contribution is 0.0498. The van der Waals surface area contributed by atoms with Crippen LogP contribution in [0.3, 0.4) is 0 Å². The summed E-state index contributed by atoms with van der Waals surface area (Å²) in [6.07, 6.45) is 5.54. The molecule has 1 aliphatic rings. The van der Waals surface area contributed by atoms with Gasteiger partial charge in [0.25, 0.3) is 0 Å². The van der Waals surface area contributed by atoms with E-state index in [1.807, 2.05) is 24.3 Å². The van der Waals surface area contributed by atoms with Crippen LogP contribution in [0.15, 0.2) is 58.8 Å². The fraction of sp³-hybridized carbons (Fsp3) is 0.296. The van der Waals surface area contributed by atoms with Gasteiger partial charge in [-0.05, 0) is 41.3 Å². The Morgan fingerprint density at radius 2 is 1.97 bits per heavy atom. The Morgan fingerprint density at radius 1 is 1.15 bits per heavy atom. The van der Waals surface area contributed by atoms with Crippen LogP contribution >= 0.6 is 0 Å². The Balaban J connectivity index is 1.63. The van der Waals surface area contributed by atoms with Gasteiger partial charge in [-0.2, -0.15) is 0 Å². The Bertz CT molecular complexity index is 1180. The van der Waals surface area contributed by atoms with Gasteiger partial charge in [0.05, 0.1) is 23.7 Å². The van der Waals surface area contributed by atoms with E-state index in [1.165, 1.54) is 6.08 Å². The summed E-state index contributed by atoms with van der Waals surface area (Å²) in [4.78, 5) is 12.5. The van der Waals surface area contributed by atoms with E-state index in [4.69, 9.17) is 9.15 Å². The molecule has 1 heterocycles.